The summed E-state index contributed by atoms with van der Waals surface area (Å²) in [7, 11) is -2.35. The van der Waals surface area contributed by atoms with Crippen molar-refractivity contribution in [1.82, 2.24) is 14.1 Å². The van der Waals surface area contributed by atoms with Gasteiger partial charge >= 0.3 is 0 Å². The van der Waals surface area contributed by atoms with Gasteiger partial charge < -0.3 is 4.74 Å². The van der Waals surface area contributed by atoms with E-state index in [1.807, 2.05) is 16.0 Å². The fourth-order valence-corrected chi connectivity index (χ4v) is 4.61. The maximum Gasteiger partial charge on any atom is 0.274 e. The number of rotatable bonds is 5. The van der Waals surface area contributed by atoms with E-state index in [1.165, 1.54) is 36.7 Å². The molecule has 3 aromatic rings. The van der Waals surface area contributed by atoms with Gasteiger partial charge in [-0.1, -0.05) is 0 Å². The van der Waals surface area contributed by atoms with Crippen LogP contribution in [0.1, 0.15) is 16.6 Å². The molecule has 0 aliphatic carbocycles. The Morgan fingerprint density at radius 1 is 1.55 bits per heavy atom. The van der Waals surface area contributed by atoms with E-state index in [2.05, 4.69) is 9.71 Å². The molecule has 3 rings (SSSR count). The van der Waals surface area contributed by atoms with E-state index in [4.69, 9.17) is 4.74 Å². The van der Waals surface area contributed by atoms with Crippen molar-refractivity contribution in [2.24, 2.45) is 0 Å². The summed E-state index contributed by atoms with van der Waals surface area (Å²) in [5, 5.41) is 1.09. The molecule has 22 heavy (non-hydrogen) atoms. The molecule has 1 atom stereocenters. The van der Waals surface area contributed by atoms with Gasteiger partial charge in [0, 0.05) is 18.7 Å². The van der Waals surface area contributed by atoms with Crippen LogP contribution in [-0.2, 0) is 14.8 Å². The lowest BCUT2D eigenvalue weighted by Gasteiger charge is -2.12. The van der Waals surface area contributed by atoms with Crippen LogP contribution in [0, 0.1) is 0 Å². The van der Waals surface area contributed by atoms with Crippen LogP contribution in [-0.4, -0.2) is 42.7 Å². The minimum Gasteiger partial charge on any atom is -0.383 e. The van der Waals surface area contributed by atoms with E-state index in [-0.39, 0.29) is 6.61 Å². The standard InChI is InChI=1S/C12H13N3O4S3/c1-7(6-19-2)22(17,18)14-10(16)9-5-8-11(21-9)13-12-15(8)3-4-20-12/h3-5,7H,6H2,1-2H3,(H,14,16). The number of hydrogen-bond acceptors (Lipinski definition) is 7. The highest BCUT2D eigenvalue weighted by Crippen LogP contribution is 2.28. The van der Waals surface area contributed by atoms with Gasteiger partial charge in [0.1, 0.15) is 10.1 Å². The molecule has 0 saturated heterocycles. The predicted octanol–water partition coefficient (Wildman–Crippen LogP) is 1.71. The molecule has 7 nitrogen and oxygen atoms in total. The summed E-state index contributed by atoms with van der Waals surface area (Å²) in [5.41, 5.74) is 0.800. The zero-order chi connectivity index (χ0) is 15.9. The number of fused-ring (bicyclic) bond motifs is 3. The molecular weight excluding hydrogens is 346 g/mol. The van der Waals surface area contributed by atoms with Crippen LogP contribution < -0.4 is 4.72 Å². The Morgan fingerprint density at radius 2 is 2.32 bits per heavy atom. The second-order valence-corrected chi connectivity index (χ2v) is 8.71. The van der Waals surface area contributed by atoms with Crippen molar-refractivity contribution in [3.63, 3.8) is 0 Å². The number of thiophene rings is 1. The van der Waals surface area contributed by atoms with Gasteiger partial charge in [-0.3, -0.25) is 9.20 Å². The Bertz CT molecular complexity index is 937. The number of ether oxygens (including phenoxy) is 1. The summed E-state index contributed by atoms with van der Waals surface area (Å²) in [6, 6.07) is 1.65. The lowest BCUT2D eigenvalue weighted by atomic mass is 10.4. The number of methoxy groups -OCH3 is 1. The van der Waals surface area contributed by atoms with Crippen LogP contribution in [0.3, 0.4) is 0 Å². The molecule has 1 amide bonds. The van der Waals surface area contributed by atoms with Crippen molar-refractivity contribution in [2.75, 3.05) is 13.7 Å². The van der Waals surface area contributed by atoms with Crippen LogP contribution >= 0.6 is 22.7 Å². The minimum absolute atomic E-state index is 0.0208. The van der Waals surface area contributed by atoms with Gasteiger partial charge in [0.2, 0.25) is 10.0 Å². The number of hydrogen-bond donors (Lipinski definition) is 1. The van der Waals surface area contributed by atoms with Gasteiger partial charge in [-0.25, -0.2) is 18.1 Å². The monoisotopic (exact) mass is 359 g/mol. The Labute approximate surface area is 134 Å². The number of nitrogens with zero attached hydrogens (tertiary/aromatic N) is 2. The predicted molar refractivity (Wildman–Crippen MR) is 86.2 cm³/mol. The Kier molecular flexibility index (Phi) is 3.93. The molecule has 10 heteroatoms. The summed E-state index contributed by atoms with van der Waals surface area (Å²) >= 11 is 2.67. The lowest BCUT2D eigenvalue weighted by molar-refractivity contribution is 0.0984. The molecule has 3 heterocycles. The molecule has 0 fully saturated rings. The molecule has 0 aromatic carbocycles. The molecule has 118 valence electrons. The van der Waals surface area contributed by atoms with Crippen LogP contribution in [0.5, 0.6) is 0 Å². The second-order valence-electron chi connectivity index (χ2n) is 4.71. The fourth-order valence-electron chi connectivity index (χ4n) is 1.96. The van der Waals surface area contributed by atoms with Gasteiger partial charge in [0.15, 0.2) is 4.96 Å². The number of carbonyl (C=O) groups excluding carboxylic acids is 1. The average molecular weight is 359 g/mol. The summed E-state index contributed by atoms with van der Waals surface area (Å²) in [6.45, 7) is 1.50. The van der Waals surface area contributed by atoms with Crippen LogP contribution in [0.4, 0.5) is 0 Å². The van der Waals surface area contributed by atoms with E-state index in [1.54, 1.807) is 6.07 Å². The molecule has 0 bridgehead atoms. The molecule has 1 N–H and O–H groups in total. The molecular formula is C12H13N3O4S3. The van der Waals surface area contributed by atoms with E-state index < -0.39 is 21.2 Å². The number of nitrogens with one attached hydrogen (secondary N) is 1. The van der Waals surface area contributed by atoms with Gasteiger partial charge in [-0.2, -0.15) is 0 Å². The van der Waals surface area contributed by atoms with E-state index in [0.29, 0.717) is 9.71 Å². The van der Waals surface area contributed by atoms with Crippen molar-refractivity contribution < 1.29 is 17.9 Å². The summed E-state index contributed by atoms with van der Waals surface area (Å²) < 4.78 is 32.8. The summed E-state index contributed by atoms with van der Waals surface area (Å²) in [4.78, 5) is 18.4. The van der Waals surface area contributed by atoms with Crippen molar-refractivity contribution in [1.29, 1.82) is 0 Å². The first-order valence-corrected chi connectivity index (χ1v) is 9.56. The zero-order valence-electron chi connectivity index (χ0n) is 11.8. The molecule has 1 unspecified atom stereocenters. The quantitative estimate of drug-likeness (QED) is 0.749. The summed E-state index contributed by atoms with van der Waals surface area (Å²) in [6.07, 6.45) is 1.86. The average Bonchev–Trinajstić information content (AvgIpc) is 3.09. The number of thiazole rings is 1. The van der Waals surface area contributed by atoms with Crippen LogP contribution in [0.2, 0.25) is 0 Å². The van der Waals surface area contributed by atoms with E-state index >= 15 is 0 Å². The highest BCUT2D eigenvalue weighted by molar-refractivity contribution is 7.90. The van der Waals surface area contributed by atoms with E-state index in [9.17, 15) is 13.2 Å². The lowest BCUT2D eigenvalue weighted by Crippen LogP contribution is -2.38. The van der Waals surface area contributed by atoms with Crippen molar-refractivity contribution in [3.05, 3.63) is 22.5 Å². The zero-order valence-corrected chi connectivity index (χ0v) is 14.2. The highest BCUT2D eigenvalue weighted by atomic mass is 32.2. The molecule has 0 aliphatic rings. The molecule has 0 aliphatic heterocycles. The normalized spacial score (nSPS) is 13.7. The van der Waals surface area contributed by atoms with Crippen molar-refractivity contribution in [2.45, 2.75) is 12.2 Å². The number of aromatic nitrogens is 2. The Hall–Kier alpha value is -1.49. The smallest absolute Gasteiger partial charge is 0.274 e. The Morgan fingerprint density at radius 3 is 3.05 bits per heavy atom. The SMILES string of the molecule is COCC(C)S(=O)(=O)NC(=O)c1cc2c(nc3sccn32)s1. The molecule has 3 aromatic heterocycles. The third kappa shape index (κ3) is 2.62. The van der Waals surface area contributed by atoms with E-state index in [0.717, 1.165) is 10.5 Å². The number of sulfonamides is 1. The topological polar surface area (TPSA) is 89.8 Å². The molecule has 0 radical (unpaired) electrons. The number of carbonyl (C=O) groups is 1. The van der Waals surface area contributed by atoms with Gasteiger partial charge in [-0.05, 0) is 13.0 Å². The molecule has 0 saturated carbocycles. The van der Waals surface area contributed by atoms with Crippen LogP contribution in [0.25, 0.3) is 15.3 Å². The van der Waals surface area contributed by atoms with Gasteiger partial charge in [0.05, 0.1) is 17.0 Å². The maximum absolute atomic E-state index is 12.2. The maximum atomic E-state index is 12.2. The first kappa shape index (κ1) is 15.4. The first-order valence-electron chi connectivity index (χ1n) is 6.32. The minimum atomic E-state index is -3.77. The second kappa shape index (κ2) is 5.61. The van der Waals surface area contributed by atoms with Crippen molar-refractivity contribution >= 4 is 53.9 Å². The fraction of sp³-hybridized carbons (Fsp3) is 0.333. The number of amides is 1. The third-order valence-electron chi connectivity index (χ3n) is 3.13. The third-order valence-corrected chi connectivity index (χ3v) is 6.57. The summed E-state index contributed by atoms with van der Waals surface area (Å²) in [5.74, 6) is -0.644. The largest absolute Gasteiger partial charge is 0.383 e. The van der Waals surface area contributed by atoms with Gasteiger partial charge in [0.25, 0.3) is 5.91 Å². The highest BCUT2D eigenvalue weighted by Gasteiger charge is 2.25. The van der Waals surface area contributed by atoms with Crippen LogP contribution in [0.15, 0.2) is 17.6 Å². The molecule has 0 spiro atoms. The Balaban J connectivity index is 1.87. The number of imidazole rings is 1. The first-order chi connectivity index (χ1) is 10.4. The van der Waals surface area contributed by atoms with Crippen molar-refractivity contribution in [3.8, 4) is 0 Å². The van der Waals surface area contributed by atoms with Gasteiger partial charge in [-0.15, -0.1) is 22.7 Å².